The number of amides is 1. The molecule has 1 aromatic heterocycles. The maximum atomic E-state index is 12.0. The summed E-state index contributed by atoms with van der Waals surface area (Å²) in [4.78, 5) is 16.0. The van der Waals surface area contributed by atoms with E-state index in [1.165, 1.54) is 12.1 Å². The van der Waals surface area contributed by atoms with Crippen LogP contribution in [0.1, 0.15) is 11.1 Å². The number of hydrogen-bond donors (Lipinski definition) is 2. The van der Waals surface area contributed by atoms with Gasteiger partial charge in [0.05, 0.1) is 26.9 Å². The molecule has 120 valence electrons. The Kier molecular flexibility index (Phi) is 5.88. The fourth-order valence-electron chi connectivity index (χ4n) is 1.69. The lowest BCUT2D eigenvalue weighted by molar-refractivity contribution is -0.113. The van der Waals surface area contributed by atoms with Gasteiger partial charge < -0.3 is 11.1 Å². The Morgan fingerprint density at radius 2 is 1.92 bits per heavy atom. The Hall–Kier alpha value is -2.45. The number of nitriles is 2. The number of carbonyl (C=O) groups excluding carboxylic acids is 1. The molecule has 0 radical (unpaired) electrons. The van der Waals surface area contributed by atoms with Crippen molar-refractivity contribution in [3.63, 3.8) is 0 Å². The number of halogens is 2. The molecular weight excluding hydrogens is 369 g/mol. The van der Waals surface area contributed by atoms with Gasteiger partial charge in [-0.05, 0) is 24.3 Å². The fraction of sp³-hybridized carbons (Fsp3) is 0.0667. The second-order valence-electron chi connectivity index (χ2n) is 4.46. The summed E-state index contributed by atoms with van der Waals surface area (Å²) in [5.74, 6) is -0.288. The van der Waals surface area contributed by atoms with E-state index in [1.807, 2.05) is 12.1 Å². The summed E-state index contributed by atoms with van der Waals surface area (Å²) in [5, 5.41) is 21.7. The molecule has 1 amide bonds. The fourth-order valence-corrected chi connectivity index (χ4v) is 2.76. The quantitative estimate of drug-likeness (QED) is 0.788. The summed E-state index contributed by atoms with van der Waals surface area (Å²) in [6.45, 7) is 0. The summed E-state index contributed by atoms with van der Waals surface area (Å²) >= 11 is 12.7. The number of benzene rings is 1. The molecule has 0 saturated carbocycles. The van der Waals surface area contributed by atoms with Crippen LogP contribution in [0.5, 0.6) is 0 Å². The highest BCUT2D eigenvalue weighted by Gasteiger charge is 2.12. The van der Waals surface area contributed by atoms with Crippen LogP contribution < -0.4 is 11.1 Å². The second-order valence-corrected chi connectivity index (χ2v) is 6.24. The second kappa shape index (κ2) is 7.89. The van der Waals surface area contributed by atoms with Gasteiger partial charge in [-0.3, -0.25) is 4.79 Å². The van der Waals surface area contributed by atoms with Gasteiger partial charge in [-0.2, -0.15) is 10.5 Å². The zero-order valence-corrected chi connectivity index (χ0v) is 14.3. The van der Waals surface area contributed by atoms with E-state index >= 15 is 0 Å². The Morgan fingerprint density at radius 3 is 2.54 bits per heavy atom. The standard InChI is InChI=1S/C15H9Cl2N5OS/c16-11-2-1-10(4-12(11)17)21-13(23)7-24-15-9(6-19)3-8(5-18)14(20)22-15/h1-4H,7H2,(H2,20,22)(H,21,23). The first-order valence-electron chi connectivity index (χ1n) is 6.43. The van der Waals surface area contributed by atoms with Crippen molar-refractivity contribution in [2.45, 2.75) is 5.03 Å². The molecule has 0 fully saturated rings. The van der Waals surface area contributed by atoms with Gasteiger partial charge in [0.2, 0.25) is 5.91 Å². The Labute approximate surface area is 152 Å². The number of carbonyl (C=O) groups is 1. The molecule has 0 aliphatic rings. The molecule has 0 spiro atoms. The first kappa shape index (κ1) is 17.9. The first-order valence-corrected chi connectivity index (χ1v) is 8.17. The predicted molar refractivity (Wildman–Crippen MR) is 93.9 cm³/mol. The third-order valence-corrected chi connectivity index (χ3v) is 4.53. The Balaban J connectivity index is 2.06. The third kappa shape index (κ3) is 4.30. The van der Waals surface area contributed by atoms with Gasteiger partial charge in [-0.15, -0.1) is 0 Å². The molecule has 0 saturated heterocycles. The number of thioether (sulfide) groups is 1. The summed E-state index contributed by atoms with van der Waals surface area (Å²) in [7, 11) is 0. The molecule has 6 nitrogen and oxygen atoms in total. The van der Waals surface area contributed by atoms with Crippen molar-refractivity contribution >= 4 is 52.4 Å². The lowest BCUT2D eigenvalue weighted by Gasteiger charge is -2.07. The normalized spacial score (nSPS) is 9.83. The lowest BCUT2D eigenvalue weighted by Crippen LogP contribution is -2.14. The summed E-state index contributed by atoms with van der Waals surface area (Å²) in [6.07, 6.45) is 0. The number of pyridine rings is 1. The minimum absolute atomic E-state index is 0.00721. The van der Waals surface area contributed by atoms with E-state index in [-0.39, 0.29) is 28.6 Å². The van der Waals surface area contributed by atoms with Crippen LogP contribution in [0.2, 0.25) is 10.0 Å². The number of rotatable bonds is 4. The number of aromatic nitrogens is 1. The van der Waals surface area contributed by atoms with E-state index in [2.05, 4.69) is 10.3 Å². The van der Waals surface area contributed by atoms with Crippen LogP contribution in [-0.4, -0.2) is 16.6 Å². The van der Waals surface area contributed by atoms with Crippen molar-refractivity contribution in [1.29, 1.82) is 10.5 Å². The number of nitrogens with two attached hydrogens (primary N) is 1. The molecular formula is C15H9Cl2N5OS. The SMILES string of the molecule is N#Cc1cc(C#N)c(SCC(=O)Nc2ccc(Cl)c(Cl)c2)nc1N. The minimum atomic E-state index is -0.313. The van der Waals surface area contributed by atoms with E-state index in [9.17, 15) is 4.79 Å². The van der Waals surface area contributed by atoms with Crippen molar-refractivity contribution in [2.24, 2.45) is 0 Å². The maximum Gasteiger partial charge on any atom is 0.234 e. The predicted octanol–water partition coefficient (Wildman–Crippen LogP) is 3.44. The van der Waals surface area contributed by atoms with Crippen LogP contribution in [0.3, 0.4) is 0 Å². The number of nitrogen functional groups attached to an aromatic ring is 1. The molecule has 0 aliphatic heterocycles. The van der Waals surface area contributed by atoms with Crippen LogP contribution in [-0.2, 0) is 4.79 Å². The molecule has 9 heteroatoms. The Morgan fingerprint density at radius 1 is 1.21 bits per heavy atom. The van der Waals surface area contributed by atoms with Gasteiger partial charge in [0, 0.05) is 5.69 Å². The first-order chi connectivity index (χ1) is 11.4. The van der Waals surface area contributed by atoms with E-state index in [4.69, 9.17) is 39.5 Å². The zero-order valence-electron chi connectivity index (χ0n) is 12.0. The molecule has 1 aromatic carbocycles. The molecule has 0 atom stereocenters. The molecule has 0 bridgehead atoms. The van der Waals surface area contributed by atoms with Crippen molar-refractivity contribution < 1.29 is 4.79 Å². The highest BCUT2D eigenvalue weighted by molar-refractivity contribution is 8.00. The molecule has 3 N–H and O–H groups in total. The maximum absolute atomic E-state index is 12.0. The average Bonchev–Trinajstić information content (AvgIpc) is 2.56. The zero-order chi connectivity index (χ0) is 17.7. The number of nitrogens with one attached hydrogen (secondary N) is 1. The topological polar surface area (TPSA) is 116 Å². The van der Waals surface area contributed by atoms with Crippen LogP contribution in [0, 0.1) is 22.7 Å². The van der Waals surface area contributed by atoms with Gasteiger partial charge >= 0.3 is 0 Å². The summed E-state index contributed by atoms with van der Waals surface area (Å²) in [6, 6.07) is 9.86. The van der Waals surface area contributed by atoms with E-state index < -0.39 is 0 Å². The van der Waals surface area contributed by atoms with Crippen molar-refractivity contribution in [2.75, 3.05) is 16.8 Å². The molecule has 0 unspecified atom stereocenters. The van der Waals surface area contributed by atoms with Crippen LogP contribution in [0.15, 0.2) is 29.3 Å². The van der Waals surface area contributed by atoms with E-state index in [0.29, 0.717) is 20.8 Å². The van der Waals surface area contributed by atoms with Gasteiger partial charge in [-0.25, -0.2) is 4.98 Å². The number of nitrogens with zero attached hydrogens (tertiary/aromatic N) is 3. The summed E-state index contributed by atoms with van der Waals surface area (Å²) < 4.78 is 0. The van der Waals surface area contributed by atoms with E-state index in [0.717, 1.165) is 11.8 Å². The number of anilines is 2. The van der Waals surface area contributed by atoms with Crippen molar-refractivity contribution in [3.05, 3.63) is 45.4 Å². The van der Waals surface area contributed by atoms with Crippen LogP contribution in [0.4, 0.5) is 11.5 Å². The van der Waals surface area contributed by atoms with Crippen LogP contribution in [0.25, 0.3) is 0 Å². The van der Waals surface area contributed by atoms with E-state index in [1.54, 1.807) is 12.1 Å². The highest BCUT2D eigenvalue weighted by Crippen LogP contribution is 2.26. The Bertz CT molecular complexity index is 889. The largest absolute Gasteiger partial charge is 0.383 e. The van der Waals surface area contributed by atoms with Gasteiger partial charge in [-0.1, -0.05) is 35.0 Å². The smallest absolute Gasteiger partial charge is 0.234 e. The molecule has 0 aliphatic carbocycles. The van der Waals surface area contributed by atoms with Gasteiger partial charge in [0.1, 0.15) is 23.0 Å². The molecule has 1 heterocycles. The van der Waals surface area contributed by atoms with Crippen LogP contribution >= 0.6 is 35.0 Å². The lowest BCUT2D eigenvalue weighted by atomic mass is 10.2. The van der Waals surface area contributed by atoms with Gasteiger partial charge in [0.25, 0.3) is 0 Å². The van der Waals surface area contributed by atoms with Crippen molar-refractivity contribution in [1.82, 2.24) is 4.98 Å². The number of hydrogen-bond acceptors (Lipinski definition) is 6. The van der Waals surface area contributed by atoms with Crippen molar-refractivity contribution in [3.8, 4) is 12.1 Å². The molecule has 24 heavy (non-hydrogen) atoms. The summed E-state index contributed by atoms with van der Waals surface area (Å²) in [5.41, 5.74) is 6.44. The van der Waals surface area contributed by atoms with Gasteiger partial charge in [0.15, 0.2) is 0 Å². The minimum Gasteiger partial charge on any atom is -0.383 e. The molecule has 2 aromatic rings. The molecule has 2 rings (SSSR count). The highest BCUT2D eigenvalue weighted by atomic mass is 35.5. The monoisotopic (exact) mass is 377 g/mol. The third-order valence-electron chi connectivity index (χ3n) is 2.80. The average molecular weight is 378 g/mol.